The summed E-state index contributed by atoms with van der Waals surface area (Å²) in [6, 6.07) is 4.29. The van der Waals surface area contributed by atoms with Crippen molar-refractivity contribution in [3.63, 3.8) is 0 Å². The molecule has 1 fully saturated rings. The average Bonchev–Trinajstić information content (AvgIpc) is 3.57. The molecule has 2 atom stereocenters. The van der Waals surface area contributed by atoms with Crippen LogP contribution >= 0.6 is 11.6 Å². The number of hydrogen-bond acceptors (Lipinski definition) is 6. The molecule has 3 aromatic heterocycles. The molecule has 1 aromatic carbocycles. The zero-order valence-corrected chi connectivity index (χ0v) is 22.8. The Balaban J connectivity index is 1.17. The third kappa shape index (κ3) is 5.99. The van der Waals surface area contributed by atoms with Crippen molar-refractivity contribution in [1.29, 1.82) is 0 Å². The Kier molecular flexibility index (Phi) is 7.51. The number of H-pyrrole nitrogens is 1. The second-order valence-corrected chi connectivity index (χ2v) is 12.6. The van der Waals surface area contributed by atoms with E-state index >= 15 is 0 Å². The van der Waals surface area contributed by atoms with Gasteiger partial charge in [0, 0.05) is 31.7 Å². The van der Waals surface area contributed by atoms with E-state index in [0.29, 0.717) is 49.5 Å². The lowest BCUT2D eigenvalue weighted by atomic mass is 10.1. The summed E-state index contributed by atoms with van der Waals surface area (Å²) in [5.41, 5.74) is 6.47. The van der Waals surface area contributed by atoms with Gasteiger partial charge in [-0.15, -0.1) is 0 Å². The zero-order valence-electron chi connectivity index (χ0n) is 21.2. The van der Waals surface area contributed by atoms with E-state index in [2.05, 4.69) is 24.5 Å². The Morgan fingerprint density at radius 3 is 2.77 bits per heavy atom. The van der Waals surface area contributed by atoms with Crippen molar-refractivity contribution >= 4 is 49.5 Å². The summed E-state index contributed by atoms with van der Waals surface area (Å²) >= 11 is 5.79. The number of unbranched alkanes of at least 4 members (excludes halogenated alkanes) is 1. The molecule has 5 rings (SSSR count). The number of fused-ring (bicyclic) bond motifs is 2. The predicted molar refractivity (Wildman–Crippen MR) is 144 cm³/mol. The number of aryl methyl sites for hydroxylation is 1. The van der Waals surface area contributed by atoms with Crippen LogP contribution in [0.3, 0.4) is 0 Å². The van der Waals surface area contributed by atoms with Crippen LogP contribution in [0.4, 0.5) is 19.0 Å². The van der Waals surface area contributed by atoms with Crippen LogP contribution in [0.5, 0.6) is 0 Å². The first-order chi connectivity index (χ1) is 18.4. The molecule has 0 unspecified atom stereocenters. The second kappa shape index (κ2) is 10.6. The number of nitrogens with one attached hydrogen (secondary N) is 1. The number of anilines is 1. The van der Waals surface area contributed by atoms with Gasteiger partial charge in [-0.25, -0.2) is 27.7 Å². The molecule has 0 radical (unpaired) electrons. The first-order valence-corrected chi connectivity index (χ1v) is 14.9. The van der Waals surface area contributed by atoms with Gasteiger partial charge in [0.05, 0.1) is 33.3 Å². The van der Waals surface area contributed by atoms with E-state index in [1.807, 2.05) is 12.3 Å². The van der Waals surface area contributed by atoms with E-state index in [-0.39, 0.29) is 17.5 Å². The average molecular weight is 584 g/mol. The van der Waals surface area contributed by atoms with Crippen LogP contribution in [-0.2, 0) is 22.6 Å². The molecule has 210 valence electrons. The third-order valence-corrected chi connectivity index (χ3v) is 8.96. The topological polar surface area (TPSA) is 123 Å². The van der Waals surface area contributed by atoms with Crippen LogP contribution in [0.1, 0.15) is 49.5 Å². The smallest absolute Gasteiger partial charge is 0.383 e. The van der Waals surface area contributed by atoms with Crippen LogP contribution in [0.25, 0.3) is 22.1 Å². The molecule has 39 heavy (non-hydrogen) atoms. The summed E-state index contributed by atoms with van der Waals surface area (Å²) < 4.78 is 68.1. The number of alkyl halides is 3. The summed E-state index contributed by atoms with van der Waals surface area (Å²) in [7, 11) is -3.41. The van der Waals surface area contributed by atoms with E-state index < -0.39 is 26.8 Å². The second-order valence-electron chi connectivity index (χ2n) is 10.2. The van der Waals surface area contributed by atoms with E-state index in [0.717, 1.165) is 36.4 Å². The number of halogens is 4. The fourth-order valence-corrected chi connectivity index (χ4v) is 6.64. The maximum Gasteiger partial charge on any atom is 0.417 e. The van der Waals surface area contributed by atoms with Gasteiger partial charge in [-0.2, -0.15) is 13.2 Å². The molecule has 4 aromatic rings. The number of rotatable bonds is 9. The predicted octanol–water partition coefficient (Wildman–Crippen LogP) is 5.19. The van der Waals surface area contributed by atoms with Gasteiger partial charge in [-0.1, -0.05) is 11.6 Å². The fourth-order valence-electron chi connectivity index (χ4n) is 5.43. The minimum absolute atomic E-state index is 0.211. The van der Waals surface area contributed by atoms with Crippen molar-refractivity contribution in [3.05, 3.63) is 47.1 Å². The van der Waals surface area contributed by atoms with Crippen molar-refractivity contribution in [2.24, 2.45) is 5.92 Å². The lowest BCUT2D eigenvalue weighted by Gasteiger charge is -2.23. The van der Waals surface area contributed by atoms with Gasteiger partial charge in [-0.05, 0) is 56.2 Å². The molecule has 0 bridgehead atoms. The number of nitrogens with two attached hydrogens (primary N) is 1. The van der Waals surface area contributed by atoms with Crippen LogP contribution in [-0.4, -0.2) is 56.6 Å². The van der Waals surface area contributed by atoms with Crippen LogP contribution in [0, 0.1) is 5.92 Å². The minimum atomic E-state index is -4.55. The number of imidazole rings is 1. The first-order valence-electron chi connectivity index (χ1n) is 12.7. The monoisotopic (exact) mass is 583 g/mol. The molecule has 3 heterocycles. The number of sulfonamides is 1. The van der Waals surface area contributed by atoms with Crippen LogP contribution < -0.4 is 5.73 Å². The van der Waals surface area contributed by atoms with Crippen LogP contribution in [0.2, 0.25) is 5.02 Å². The SMILES string of the molecule is CS(=O)(=O)N(CCCCc1nc2cc(Cl)c(C(F)(F)F)cc2[nH]1)C[C@@H]1CC[C@H](n2ccc3c(N)ncnc32)C1. The number of aromatic nitrogens is 5. The van der Waals surface area contributed by atoms with E-state index in [9.17, 15) is 21.6 Å². The highest BCUT2D eigenvalue weighted by atomic mass is 35.5. The number of benzene rings is 1. The Morgan fingerprint density at radius 2 is 2.03 bits per heavy atom. The number of aromatic amines is 1. The summed E-state index contributed by atoms with van der Waals surface area (Å²) in [4.78, 5) is 15.7. The zero-order chi connectivity index (χ0) is 27.9. The molecule has 1 aliphatic rings. The summed E-state index contributed by atoms with van der Waals surface area (Å²) in [6.07, 6.45) is 4.43. The van der Waals surface area contributed by atoms with Gasteiger partial charge in [0.25, 0.3) is 0 Å². The molecule has 0 spiro atoms. The van der Waals surface area contributed by atoms with Crippen molar-refractivity contribution in [2.45, 2.75) is 50.7 Å². The number of nitrogen functional groups attached to an aromatic ring is 1. The van der Waals surface area contributed by atoms with Gasteiger partial charge >= 0.3 is 6.18 Å². The molecular formula is C25H29ClF3N7O2S. The Hall–Kier alpha value is -2.90. The van der Waals surface area contributed by atoms with Crippen molar-refractivity contribution < 1.29 is 21.6 Å². The highest BCUT2D eigenvalue weighted by Gasteiger charge is 2.34. The third-order valence-electron chi connectivity index (χ3n) is 7.37. The quantitative estimate of drug-likeness (QED) is 0.262. The Bertz CT molecular complexity index is 1600. The standard InChI is InChI=1S/C25H29ClF3N7O2S/c1-39(37,38)35(13-15-5-6-16(10-15)36-9-7-17-23(30)31-14-32-24(17)36)8-3-2-4-22-33-20-11-18(25(27,28)29)19(26)12-21(20)34-22/h7,9,11-12,14-16H,2-6,8,10,13H2,1H3,(H,33,34)(H2,30,31,32)/t15-,16+/m1/s1. The van der Waals surface area contributed by atoms with Crippen LogP contribution in [0.15, 0.2) is 30.7 Å². The lowest BCUT2D eigenvalue weighted by molar-refractivity contribution is -0.137. The van der Waals surface area contributed by atoms with E-state index in [1.165, 1.54) is 23.0 Å². The molecular weight excluding hydrogens is 555 g/mol. The Morgan fingerprint density at radius 1 is 1.23 bits per heavy atom. The fraction of sp³-hybridized carbons (Fsp3) is 0.480. The molecule has 14 heteroatoms. The van der Waals surface area contributed by atoms with Gasteiger partial charge in [0.2, 0.25) is 10.0 Å². The van der Waals surface area contributed by atoms with E-state index in [1.54, 1.807) is 0 Å². The van der Waals surface area contributed by atoms with Crippen molar-refractivity contribution in [2.75, 3.05) is 25.1 Å². The maximum atomic E-state index is 13.1. The van der Waals surface area contributed by atoms with Gasteiger partial charge < -0.3 is 15.3 Å². The molecule has 9 nitrogen and oxygen atoms in total. The Labute approximate surface area is 228 Å². The van der Waals surface area contributed by atoms with Gasteiger partial charge in [0.15, 0.2) is 0 Å². The van der Waals surface area contributed by atoms with Crippen molar-refractivity contribution in [3.8, 4) is 0 Å². The largest absolute Gasteiger partial charge is 0.417 e. The van der Waals surface area contributed by atoms with Gasteiger partial charge in [0.1, 0.15) is 23.6 Å². The maximum absolute atomic E-state index is 13.1. The summed E-state index contributed by atoms with van der Waals surface area (Å²) in [5, 5.41) is 0.417. The number of nitrogens with zero attached hydrogens (tertiary/aromatic N) is 5. The lowest BCUT2D eigenvalue weighted by Crippen LogP contribution is -2.35. The normalized spacial score (nSPS) is 18.6. The highest BCUT2D eigenvalue weighted by molar-refractivity contribution is 7.88. The molecule has 0 amide bonds. The van der Waals surface area contributed by atoms with Gasteiger partial charge in [-0.3, -0.25) is 0 Å². The summed E-state index contributed by atoms with van der Waals surface area (Å²) in [5.74, 6) is 1.19. The highest BCUT2D eigenvalue weighted by Crippen LogP contribution is 2.38. The summed E-state index contributed by atoms with van der Waals surface area (Å²) in [6.45, 7) is 0.801. The molecule has 0 aliphatic heterocycles. The molecule has 3 N–H and O–H groups in total. The molecule has 1 aliphatic carbocycles. The molecule has 0 saturated heterocycles. The van der Waals surface area contributed by atoms with E-state index in [4.69, 9.17) is 17.3 Å². The number of hydrogen-bond donors (Lipinski definition) is 2. The molecule has 1 saturated carbocycles. The minimum Gasteiger partial charge on any atom is -0.383 e. The van der Waals surface area contributed by atoms with Crippen molar-refractivity contribution in [1.82, 2.24) is 28.8 Å². The first kappa shape index (κ1) is 27.7.